The molecule has 0 bridgehead atoms. The summed E-state index contributed by atoms with van der Waals surface area (Å²) in [5.41, 5.74) is 1.15. The topological polar surface area (TPSA) is 56.6 Å². The molecule has 158 valence electrons. The van der Waals surface area contributed by atoms with Crippen molar-refractivity contribution in [3.63, 3.8) is 0 Å². The fourth-order valence-electron chi connectivity index (χ4n) is 2.74. The Bertz CT molecular complexity index is 983. The first-order valence-electron chi connectivity index (χ1n) is 9.00. The van der Waals surface area contributed by atoms with Crippen LogP contribution in [-0.2, 0) is 20.2 Å². The molecule has 0 aliphatic rings. The molecule has 1 amide bonds. The van der Waals surface area contributed by atoms with Gasteiger partial charge in [-0.2, -0.15) is 0 Å². The number of benzene rings is 2. The summed E-state index contributed by atoms with van der Waals surface area (Å²) in [6.45, 7) is 0.549. The molecule has 0 unspecified atom stereocenters. The van der Waals surface area contributed by atoms with Gasteiger partial charge in [0.1, 0.15) is 23.9 Å². The number of hydrogen-bond donors (Lipinski definition) is 0. The summed E-state index contributed by atoms with van der Waals surface area (Å²) in [6.07, 6.45) is -1.22. The van der Waals surface area contributed by atoms with E-state index in [0.717, 1.165) is 5.82 Å². The summed E-state index contributed by atoms with van der Waals surface area (Å²) in [5.74, 6) is 0.863. The number of carbonyl (C=O) groups excluding carboxylic acids is 1. The number of alkyl halides is 3. The van der Waals surface area contributed by atoms with Gasteiger partial charge in [-0.3, -0.25) is 4.79 Å². The molecule has 9 heteroatoms. The Morgan fingerprint density at radius 2 is 1.70 bits per heavy atom. The fraction of sp³-hybridized carbons (Fsp3) is 0.238. The zero-order chi connectivity index (χ0) is 21.7. The Morgan fingerprint density at radius 1 is 1.07 bits per heavy atom. The van der Waals surface area contributed by atoms with Crippen LogP contribution < -0.4 is 9.47 Å². The largest absolute Gasteiger partial charge is 0.573 e. The number of imidazole rings is 1. The SMILES string of the molecule is CN(Cc1ccc(OC(F)(F)F)cc1)C(=O)c1ccc(OCc2nccn2C)cc1. The molecule has 2 aromatic carbocycles. The summed E-state index contributed by atoms with van der Waals surface area (Å²) in [6, 6.07) is 12.1. The van der Waals surface area contributed by atoms with Crippen LogP contribution in [0.4, 0.5) is 13.2 Å². The second kappa shape index (κ2) is 8.89. The predicted molar refractivity (Wildman–Crippen MR) is 103 cm³/mol. The van der Waals surface area contributed by atoms with E-state index in [9.17, 15) is 18.0 Å². The Balaban J connectivity index is 1.55. The Labute approximate surface area is 171 Å². The van der Waals surface area contributed by atoms with E-state index in [0.29, 0.717) is 23.5 Å². The van der Waals surface area contributed by atoms with Crippen LogP contribution in [0.3, 0.4) is 0 Å². The highest BCUT2D eigenvalue weighted by molar-refractivity contribution is 5.94. The molecule has 1 heterocycles. The molecule has 0 aliphatic heterocycles. The minimum Gasteiger partial charge on any atom is -0.486 e. The van der Waals surface area contributed by atoms with Crippen molar-refractivity contribution in [2.24, 2.45) is 7.05 Å². The quantitative estimate of drug-likeness (QED) is 0.577. The van der Waals surface area contributed by atoms with E-state index < -0.39 is 6.36 Å². The molecule has 6 nitrogen and oxygen atoms in total. The van der Waals surface area contributed by atoms with E-state index in [2.05, 4.69) is 9.72 Å². The number of hydrogen-bond acceptors (Lipinski definition) is 4. The molecule has 0 fully saturated rings. The smallest absolute Gasteiger partial charge is 0.486 e. The molecule has 30 heavy (non-hydrogen) atoms. The summed E-state index contributed by atoms with van der Waals surface area (Å²) in [5, 5.41) is 0. The number of aromatic nitrogens is 2. The van der Waals surface area contributed by atoms with E-state index in [1.54, 1.807) is 37.5 Å². The molecule has 0 spiro atoms. The van der Waals surface area contributed by atoms with E-state index in [1.807, 2.05) is 17.8 Å². The maximum absolute atomic E-state index is 12.6. The lowest BCUT2D eigenvalue weighted by atomic mass is 10.1. The van der Waals surface area contributed by atoms with Gasteiger partial charge in [0.25, 0.3) is 5.91 Å². The molecule has 0 atom stereocenters. The van der Waals surface area contributed by atoms with E-state index in [4.69, 9.17) is 4.74 Å². The second-order valence-corrected chi connectivity index (χ2v) is 6.62. The van der Waals surface area contributed by atoms with Gasteiger partial charge in [-0.15, -0.1) is 13.2 Å². The third-order valence-electron chi connectivity index (χ3n) is 4.31. The molecule has 0 aliphatic carbocycles. The van der Waals surface area contributed by atoms with Crippen molar-refractivity contribution < 1.29 is 27.4 Å². The second-order valence-electron chi connectivity index (χ2n) is 6.62. The average molecular weight is 419 g/mol. The standard InChI is InChI=1S/C21H20F3N3O3/c1-26-12-11-25-19(26)14-29-17-9-5-16(6-10-17)20(28)27(2)13-15-3-7-18(8-4-15)30-21(22,23)24/h3-12H,13-14H2,1-2H3. The van der Waals surface area contributed by atoms with Crippen molar-refractivity contribution in [3.8, 4) is 11.5 Å². The number of carbonyl (C=O) groups is 1. The zero-order valence-corrected chi connectivity index (χ0v) is 16.4. The monoisotopic (exact) mass is 419 g/mol. The van der Waals surface area contributed by atoms with E-state index >= 15 is 0 Å². The van der Waals surface area contributed by atoms with Crippen LogP contribution in [0.15, 0.2) is 60.9 Å². The number of halogens is 3. The van der Waals surface area contributed by atoms with Crippen LogP contribution in [0.5, 0.6) is 11.5 Å². The van der Waals surface area contributed by atoms with Gasteiger partial charge in [-0.05, 0) is 42.0 Å². The average Bonchev–Trinajstić information content (AvgIpc) is 3.11. The van der Waals surface area contributed by atoms with Crippen LogP contribution in [0, 0.1) is 0 Å². The molecule has 0 radical (unpaired) electrons. The molecule has 0 saturated heterocycles. The minimum absolute atomic E-state index is 0.221. The fourth-order valence-corrected chi connectivity index (χ4v) is 2.74. The van der Waals surface area contributed by atoms with Crippen molar-refractivity contribution in [1.82, 2.24) is 14.5 Å². The summed E-state index contributed by atoms with van der Waals surface area (Å²) < 4.78 is 48.0. The number of aryl methyl sites for hydroxylation is 1. The van der Waals surface area contributed by atoms with Crippen molar-refractivity contribution in [2.45, 2.75) is 19.5 Å². The summed E-state index contributed by atoms with van der Waals surface area (Å²) >= 11 is 0. The van der Waals surface area contributed by atoms with Gasteiger partial charge in [0.2, 0.25) is 0 Å². The lowest BCUT2D eigenvalue weighted by Crippen LogP contribution is -2.26. The summed E-state index contributed by atoms with van der Waals surface area (Å²) in [7, 11) is 3.49. The van der Waals surface area contributed by atoms with Crippen molar-refractivity contribution in [2.75, 3.05) is 7.05 Å². The first-order chi connectivity index (χ1) is 14.2. The van der Waals surface area contributed by atoms with E-state index in [1.165, 1.54) is 29.2 Å². The highest BCUT2D eigenvalue weighted by atomic mass is 19.4. The van der Waals surface area contributed by atoms with Crippen LogP contribution in [0.25, 0.3) is 0 Å². The van der Waals surface area contributed by atoms with Gasteiger partial charge in [0.05, 0.1) is 0 Å². The van der Waals surface area contributed by atoms with Crippen molar-refractivity contribution >= 4 is 5.91 Å². The normalized spacial score (nSPS) is 11.2. The Morgan fingerprint density at radius 3 is 2.27 bits per heavy atom. The van der Waals surface area contributed by atoms with Crippen molar-refractivity contribution in [3.05, 3.63) is 77.9 Å². The first kappa shape index (κ1) is 21.2. The van der Waals surface area contributed by atoms with Gasteiger partial charge in [-0.25, -0.2) is 4.98 Å². The molecule has 1 aromatic heterocycles. The van der Waals surface area contributed by atoms with Gasteiger partial charge >= 0.3 is 6.36 Å². The lowest BCUT2D eigenvalue weighted by molar-refractivity contribution is -0.274. The van der Waals surface area contributed by atoms with Crippen LogP contribution >= 0.6 is 0 Å². The highest BCUT2D eigenvalue weighted by Crippen LogP contribution is 2.23. The third-order valence-corrected chi connectivity index (χ3v) is 4.31. The minimum atomic E-state index is -4.73. The number of rotatable bonds is 7. The molecule has 3 rings (SSSR count). The number of nitrogens with zero attached hydrogens (tertiary/aromatic N) is 3. The summed E-state index contributed by atoms with van der Waals surface area (Å²) in [4.78, 5) is 18.3. The maximum atomic E-state index is 12.6. The number of ether oxygens (including phenoxy) is 2. The Kier molecular flexibility index (Phi) is 6.29. The molecular weight excluding hydrogens is 399 g/mol. The molecular formula is C21H20F3N3O3. The molecule has 0 N–H and O–H groups in total. The predicted octanol–water partition coefficient (Wildman–Crippen LogP) is 4.17. The zero-order valence-electron chi connectivity index (χ0n) is 16.4. The third kappa shape index (κ3) is 5.76. The molecule has 0 saturated carbocycles. The van der Waals surface area contributed by atoms with Gasteiger partial charge < -0.3 is 18.9 Å². The lowest BCUT2D eigenvalue weighted by Gasteiger charge is -2.18. The van der Waals surface area contributed by atoms with Crippen LogP contribution in [0.1, 0.15) is 21.7 Å². The van der Waals surface area contributed by atoms with E-state index in [-0.39, 0.29) is 18.2 Å². The molecule has 3 aromatic rings. The van der Waals surface area contributed by atoms with Crippen molar-refractivity contribution in [1.29, 1.82) is 0 Å². The van der Waals surface area contributed by atoms with Crippen LogP contribution in [0.2, 0.25) is 0 Å². The van der Waals surface area contributed by atoms with Crippen LogP contribution in [-0.4, -0.2) is 33.8 Å². The Hall–Kier alpha value is -3.49. The van der Waals surface area contributed by atoms with Gasteiger partial charge in [0, 0.05) is 38.6 Å². The van der Waals surface area contributed by atoms with Gasteiger partial charge in [-0.1, -0.05) is 12.1 Å². The van der Waals surface area contributed by atoms with Gasteiger partial charge in [0.15, 0.2) is 0 Å². The maximum Gasteiger partial charge on any atom is 0.573 e. The highest BCUT2D eigenvalue weighted by Gasteiger charge is 2.31. The first-order valence-corrected chi connectivity index (χ1v) is 9.00. The number of amides is 1.